The van der Waals surface area contributed by atoms with E-state index in [0.29, 0.717) is 51.4 Å². The van der Waals surface area contributed by atoms with E-state index in [1.807, 2.05) is 0 Å². The van der Waals surface area contributed by atoms with Crippen molar-refractivity contribution >= 4 is 12.3 Å². The third-order valence-corrected chi connectivity index (χ3v) is 16.1. The highest BCUT2D eigenvalue weighted by atomic mass is 16.7. The summed E-state index contributed by atoms with van der Waals surface area (Å²) in [5.74, 6) is -0.820. The first-order valence-electron chi connectivity index (χ1n) is 21.4. The minimum Gasteiger partial charge on any atom is -0.458 e. The number of rotatable bonds is 10. The van der Waals surface area contributed by atoms with E-state index < -0.39 is 127 Å². The molecule has 4 heterocycles. The first-order chi connectivity index (χ1) is 28.4. The molecule has 0 aromatic heterocycles. The van der Waals surface area contributed by atoms with Crippen molar-refractivity contribution in [2.45, 2.75) is 181 Å². The highest BCUT2D eigenvalue weighted by molar-refractivity contribution is 5.85. The Balaban J connectivity index is 0.872. The summed E-state index contributed by atoms with van der Waals surface area (Å²) in [7, 11) is 0. The van der Waals surface area contributed by atoms with E-state index in [1.165, 1.54) is 0 Å². The highest BCUT2D eigenvalue weighted by Crippen LogP contribution is 2.70. The standard InChI is InChI=1S/C41H62O19/c1-18-35(60-37-34(51)32(49)30(47)26(59-37)16-55-36-33(50)31(48)29(46)25(14-42)58-36)24(44)12-28(56-18)57-20-3-8-39(17-43)22-4-7-38(2)21(19-11-27(45)54-15-19)6-10-41(38,53)23(22)5-9-40(39,52)13-20/h11,17-18,20-26,28-37,42,44,46-53H,3-10,12-16H2,1-2H3/t18-,20-,21+,22-,23-,24+,25-,26+,28+,29-,30+,31+,32-,33-,34+,35-,36-,37-,38+,39-,40-,41-/m0/s1. The quantitative estimate of drug-likeness (QED) is 0.0613. The molecule has 340 valence electrons. The van der Waals surface area contributed by atoms with Crippen LogP contribution < -0.4 is 0 Å². The van der Waals surface area contributed by atoms with Gasteiger partial charge in [-0.25, -0.2) is 4.79 Å². The fraction of sp³-hybridized carbons (Fsp3) is 0.902. The van der Waals surface area contributed by atoms with Crippen LogP contribution in [0.3, 0.4) is 0 Å². The van der Waals surface area contributed by atoms with Crippen molar-refractivity contribution in [3.05, 3.63) is 11.6 Å². The Morgan fingerprint density at radius 3 is 2.15 bits per heavy atom. The molecule has 7 fully saturated rings. The Morgan fingerprint density at radius 2 is 1.48 bits per heavy atom. The van der Waals surface area contributed by atoms with Gasteiger partial charge in [-0.2, -0.15) is 0 Å². The Bertz CT molecular complexity index is 1600. The molecule has 19 nitrogen and oxygen atoms in total. The minimum atomic E-state index is -1.79. The van der Waals surface area contributed by atoms with Gasteiger partial charge < -0.3 is 89.0 Å². The summed E-state index contributed by atoms with van der Waals surface area (Å²) in [4.78, 5) is 25.2. The van der Waals surface area contributed by atoms with Gasteiger partial charge in [-0.15, -0.1) is 0 Å². The summed E-state index contributed by atoms with van der Waals surface area (Å²) < 4.78 is 40.2. The maximum absolute atomic E-state index is 13.3. The number of aliphatic hydroxyl groups is 10. The van der Waals surface area contributed by atoms with Gasteiger partial charge in [0.25, 0.3) is 0 Å². The van der Waals surface area contributed by atoms with Gasteiger partial charge in [-0.1, -0.05) is 6.92 Å². The molecule has 60 heavy (non-hydrogen) atoms. The van der Waals surface area contributed by atoms with Crippen LogP contribution in [-0.2, 0) is 42.7 Å². The molecule has 3 saturated heterocycles. The highest BCUT2D eigenvalue weighted by Gasteiger charge is 2.71. The molecule has 8 rings (SSSR count). The predicted molar refractivity (Wildman–Crippen MR) is 199 cm³/mol. The molecule has 8 aliphatic rings. The number of carbonyl (C=O) groups is 2. The van der Waals surface area contributed by atoms with Crippen molar-refractivity contribution in [3.63, 3.8) is 0 Å². The monoisotopic (exact) mass is 858 g/mol. The zero-order chi connectivity index (χ0) is 43.1. The minimum absolute atomic E-state index is 0.00494. The molecule has 0 spiro atoms. The molecule has 0 amide bonds. The maximum Gasteiger partial charge on any atom is 0.331 e. The van der Waals surface area contributed by atoms with E-state index in [9.17, 15) is 60.7 Å². The molecule has 4 saturated carbocycles. The van der Waals surface area contributed by atoms with Crippen molar-refractivity contribution in [3.8, 4) is 0 Å². The predicted octanol–water partition coefficient (Wildman–Crippen LogP) is -2.57. The second-order valence-corrected chi connectivity index (χ2v) is 19.0. The van der Waals surface area contributed by atoms with Crippen LogP contribution in [0.2, 0.25) is 0 Å². The molecular formula is C41H62O19. The van der Waals surface area contributed by atoms with Crippen LogP contribution >= 0.6 is 0 Å². The molecule has 4 aliphatic carbocycles. The zero-order valence-corrected chi connectivity index (χ0v) is 33.9. The van der Waals surface area contributed by atoms with E-state index >= 15 is 0 Å². The normalized spacial score (nSPS) is 54.3. The first kappa shape index (κ1) is 44.8. The lowest BCUT2D eigenvalue weighted by molar-refractivity contribution is -0.354. The van der Waals surface area contributed by atoms with Crippen molar-refractivity contribution in [2.24, 2.45) is 28.6 Å². The van der Waals surface area contributed by atoms with Gasteiger partial charge >= 0.3 is 5.97 Å². The van der Waals surface area contributed by atoms with Crippen LogP contribution in [0.1, 0.15) is 78.1 Å². The van der Waals surface area contributed by atoms with Gasteiger partial charge in [-0.3, -0.25) is 0 Å². The SMILES string of the molecule is C[C@@H]1O[C@H](O[C@H]2CC[C@]3(C=O)[C@H]4CC[C@]5(C)[C@@H](C6=CC(=O)OC6)CC[C@]5(O)[C@H]4CC[C@]3(O)C2)C[C@@H](O)[C@H]1O[C@@H]1O[C@H](CO[C@H]2O[C@@H](CO)[C@H](O)[C@@H](O)[C@@H]2O)[C@@H](O)[C@H](O)[C@H]1O. The number of fused-ring (bicyclic) bond motifs is 5. The van der Waals surface area contributed by atoms with E-state index in [0.717, 1.165) is 11.9 Å². The van der Waals surface area contributed by atoms with Crippen molar-refractivity contribution < 1.29 is 93.8 Å². The van der Waals surface area contributed by atoms with Crippen molar-refractivity contribution in [2.75, 3.05) is 19.8 Å². The molecule has 0 unspecified atom stereocenters. The Hall–Kier alpha value is -1.76. The maximum atomic E-state index is 13.3. The average Bonchev–Trinajstić information content (AvgIpc) is 3.76. The van der Waals surface area contributed by atoms with E-state index in [4.69, 9.17) is 33.2 Å². The van der Waals surface area contributed by atoms with E-state index in [2.05, 4.69) is 6.92 Å². The Labute approximate surface area is 347 Å². The number of aldehydes is 1. The molecule has 19 heteroatoms. The molecule has 22 atom stereocenters. The summed E-state index contributed by atoms with van der Waals surface area (Å²) in [6.45, 7) is 2.70. The molecule has 10 N–H and O–H groups in total. The second kappa shape index (κ2) is 16.7. The van der Waals surface area contributed by atoms with Crippen LogP contribution in [0.15, 0.2) is 11.6 Å². The molecule has 4 aliphatic heterocycles. The number of ether oxygens (including phenoxy) is 7. The van der Waals surface area contributed by atoms with Crippen LogP contribution in [0, 0.1) is 28.6 Å². The summed E-state index contributed by atoms with van der Waals surface area (Å²) in [6, 6.07) is 0. The Kier molecular flexibility index (Phi) is 12.4. The summed E-state index contributed by atoms with van der Waals surface area (Å²) in [6.07, 6.45) is -14.1. The lowest BCUT2D eigenvalue weighted by Gasteiger charge is -2.65. The van der Waals surface area contributed by atoms with E-state index in [1.54, 1.807) is 13.0 Å². The van der Waals surface area contributed by atoms with E-state index in [-0.39, 0.29) is 43.2 Å². The fourth-order valence-corrected chi connectivity index (χ4v) is 12.7. The van der Waals surface area contributed by atoms with Crippen LogP contribution in [0.4, 0.5) is 0 Å². The number of cyclic esters (lactones) is 1. The van der Waals surface area contributed by atoms with Gasteiger partial charge in [0.15, 0.2) is 18.9 Å². The number of hydrogen-bond donors (Lipinski definition) is 10. The summed E-state index contributed by atoms with van der Waals surface area (Å²) in [5.41, 5.74) is -3.15. The van der Waals surface area contributed by atoms with Gasteiger partial charge in [0.1, 0.15) is 67.8 Å². The molecular weight excluding hydrogens is 796 g/mol. The number of carbonyl (C=O) groups excluding carboxylic acids is 2. The third-order valence-electron chi connectivity index (χ3n) is 16.1. The topological polar surface area (TPSA) is 301 Å². The van der Waals surface area contributed by atoms with Crippen LogP contribution in [0.5, 0.6) is 0 Å². The van der Waals surface area contributed by atoms with Gasteiger partial charge in [0.2, 0.25) is 0 Å². The largest absolute Gasteiger partial charge is 0.458 e. The smallest absolute Gasteiger partial charge is 0.331 e. The lowest BCUT2D eigenvalue weighted by atomic mass is 9.41. The lowest BCUT2D eigenvalue weighted by Crippen LogP contribution is -2.69. The first-order valence-corrected chi connectivity index (χ1v) is 21.4. The van der Waals surface area contributed by atoms with Crippen LogP contribution in [0.25, 0.3) is 0 Å². The molecule has 0 aromatic carbocycles. The van der Waals surface area contributed by atoms with Gasteiger partial charge in [-0.05, 0) is 81.6 Å². The Morgan fingerprint density at radius 1 is 0.800 bits per heavy atom. The number of hydrogen-bond acceptors (Lipinski definition) is 19. The summed E-state index contributed by atoms with van der Waals surface area (Å²) >= 11 is 0. The summed E-state index contributed by atoms with van der Waals surface area (Å²) in [5, 5.41) is 108. The molecule has 0 aromatic rings. The van der Waals surface area contributed by atoms with Crippen molar-refractivity contribution in [1.82, 2.24) is 0 Å². The van der Waals surface area contributed by atoms with Crippen molar-refractivity contribution in [1.29, 1.82) is 0 Å². The second-order valence-electron chi connectivity index (χ2n) is 19.0. The number of esters is 1. The third kappa shape index (κ3) is 7.21. The van der Waals surface area contributed by atoms with Crippen LogP contribution in [-0.4, -0.2) is 186 Å². The fourth-order valence-electron chi connectivity index (χ4n) is 12.7. The van der Waals surface area contributed by atoms with Gasteiger partial charge in [0.05, 0.1) is 48.1 Å². The zero-order valence-electron chi connectivity index (χ0n) is 33.9. The average molecular weight is 859 g/mol. The molecule has 0 bridgehead atoms. The number of aliphatic hydroxyl groups excluding tert-OH is 8. The van der Waals surface area contributed by atoms with Gasteiger partial charge in [0, 0.05) is 24.3 Å². The molecule has 0 radical (unpaired) electrons.